The molecule has 0 aliphatic heterocycles. The lowest BCUT2D eigenvalue weighted by atomic mass is 10.1. The number of carbonyl (C=O) groups excluding carboxylic acids is 1. The van der Waals surface area contributed by atoms with Crippen molar-refractivity contribution < 1.29 is 4.79 Å². The fourth-order valence-electron chi connectivity index (χ4n) is 1.41. The number of nitrogens with zero attached hydrogens (tertiary/aromatic N) is 2. The summed E-state index contributed by atoms with van der Waals surface area (Å²) in [6.45, 7) is 0. The largest absolute Gasteiger partial charge is 0.398 e. The van der Waals surface area contributed by atoms with Crippen LogP contribution in [0.3, 0.4) is 0 Å². The molecule has 88 valence electrons. The molecule has 1 heterocycles. The summed E-state index contributed by atoms with van der Waals surface area (Å²) in [5, 5.41) is 7.11. The molecule has 0 aliphatic carbocycles. The average Bonchev–Trinajstić information content (AvgIpc) is 2.68. The average molecular weight is 251 g/mol. The zero-order chi connectivity index (χ0) is 12.4. The van der Waals surface area contributed by atoms with Crippen LogP contribution in [0.25, 0.3) is 0 Å². The Hall–Kier alpha value is -2.01. The lowest BCUT2D eigenvalue weighted by Crippen LogP contribution is -2.16. The van der Waals surface area contributed by atoms with E-state index in [0.29, 0.717) is 22.1 Å². The molecule has 0 fully saturated rings. The van der Waals surface area contributed by atoms with Gasteiger partial charge in [0, 0.05) is 23.8 Å². The number of nitrogens with one attached hydrogen (secondary N) is 1. The zero-order valence-corrected chi connectivity index (χ0v) is 9.90. The summed E-state index contributed by atoms with van der Waals surface area (Å²) in [5.41, 5.74) is 6.44. The third-order valence-corrected chi connectivity index (χ3v) is 2.56. The van der Waals surface area contributed by atoms with Gasteiger partial charge in [0.1, 0.15) is 5.82 Å². The normalized spacial score (nSPS) is 10.2. The first-order valence-corrected chi connectivity index (χ1v) is 5.30. The second kappa shape index (κ2) is 4.47. The van der Waals surface area contributed by atoms with Gasteiger partial charge in [0.15, 0.2) is 0 Å². The number of rotatable bonds is 2. The number of carbonyl (C=O) groups is 1. The van der Waals surface area contributed by atoms with Crippen molar-refractivity contribution in [1.82, 2.24) is 9.78 Å². The van der Waals surface area contributed by atoms with Gasteiger partial charge in [-0.25, -0.2) is 0 Å². The minimum absolute atomic E-state index is 0.311. The molecule has 6 heteroatoms. The van der Waals surface area contributed by atoms with Gasteiger partial charge in [0.05, 0.1) is 11.8 Å². The van der Waals surface area contributed by atoms with Gasteiger partial charge < -0.3 is 11.1 Å². The molecule has 0 spiro atoms. The monoisotopic (exact) mass is 250 g/mol. The smallest absolute Gasteiger partial charge is 0.258 e. The maximum absolute atomic E-state index is 11.9. The molecule has 17 heavy (non-hydrogen) atoms. The summed E-state index contributed by atoms with van der Waals surface area (Å²) in [6, 6.07) is 6.46. The van der Waals surface area contributed by atoms with E-state index in [1.165, 1.54) is 6.07 Å². The molecule has 0 saturated heterocycles. The Kier molecular flexibility index (Phi) is 3.01. The van der Waals surface area contributed by atoms with Crippen molar-refractivity contribution in [3.05, 3.63) is 41.0 Å². The summed E-state index contributed by atoms with van der Waals surface area (Å²) < 4.78 is 1.55. The van der Waals surface area contributed by atoms with Crippen molar-refractivity contribution in [3.63, 3.8) is 0 Å². The number of anilines is 2. The molecule has 3 N–H and O–H groups in total. The lowest BCUT2D eigenvalue weighted by molar-refractivity contribution is 0.102. The topological polar surface area (TPSA) is 72.9 Å². The number of hydrogen-bond acceptors (Lipinski definition) is 3. The molecule has 1 aromatic carbocycles. The summed E-state index contributed by atoms with van der Waals surface area (Å²) in [7, 11) is 1.73. The molecule has 1 amide bonds. The summed E-state index contributed by atoms with van der Waals surface area (Å²) in [6.07, 6.45) is 1.59. The molecular weight excluding hydrogens is 240 g/mol. The van der Waals surface area contributed by atoms with Gasteiger partial charge in [-0.15, -0.1) is 0 Å². The maximum Gasteiger partial charge on any atom is 0.258 e. The van der Waals surface area contributed by atoms with Gasteiger partial charge in [-0.05, 0) is 18.2 Å². The van der Waals surface area contributed by atoms with Gasteiger partial charge in [0.2, 0.25) is 0 Å². The molecule has 0 unspecified atom stereocenters. The van der Waals surface area contributed by atoms with Crippen LogP contribution in [0.2, 0.25) is 5.02 Å². The molecule has 5 nitrogen and oxygen atoms in total. The highest BCUT2D eigenvalue weighted by molar-refractivity contribution is 6.31. The predicted octanol–water partition coefficient (Wildman–Crippen LogP) is 1.91. The van der Waals surface area contributed by atoms with Gasteiger partial charge in [-0.1, -0.05) is 11.6 Å². The van der Waals surface area contributed by atoms with E-state index < -0.39 is 0 Å². The van der Waals surface area contributed by atoms with Crippen LogP contribution in [0.4, 0.5) is 11.5 Å². The fraction of sp³-hybridized carbons (Fsp3) is 0.0909. The number of benzene rings is 1. The standard InChI is InChI=1S/C11H11ClN4O/c1-16-10(4-5-14-16)15-11(17)8-6-7(12)2-3-9(8)13/h2-6H,13H2,1H3,(H,15,17). The van der Waals surface area contributed by atoms with Gasteiger partial charge in [-0.2, -0.15) is 5.10 Å². The Balaban J connectivity index is 2.26. The minimum atomic E-state index is -0.311. The molecular formula is C11H11ClN4O. The van der Waals surface area contributed by atoms with Crippen LogP contribution in [0.1, 0.15) is 10.4 Å². The number of nitrogen functional groups attached to an aromatic ring is 1. The summed E-state index contributed by atoms with van der Waals surface area (Å²) in [5.74, 6) is 0.281. The number of aromatic nitrogens is 2. The molecule has 0 atom stereocenters. The molecule has 0 aliphatic rings. The van der Waals surface area contributed by atoms with E-state index in [-0.39, 0.29) is 5.91 Å². The lowest BCUT2D eigenvalue weighted by Gasteiger charge is -2.07. The number of amides is 1. The first-order valence-electron chi connectivity index (χ1n) is 4.92. The highest BCUT2D eigenvalue weighted by Crippen LogP contribution is 2.19. The van der Waals surface area contributed by atoms with Crippen molar-refractivity contribution in [2.24, 2.45) is 7.05 Å². The second-order valence-corrected chi connectivity index (χ2v) is 3.96. The molecule has 2 aromatic rings. The van der Waals surface area contributed by atoms with Crippen LogP contribution < -0.4 is 11.1 Å². The van der Waals surface area contributed by atoms with E-state index in [1.54, 1.807) is 36.1 Å². The Morgan fingerprint density at radius 3 is 2.88 bits per heavy atom. The molecule has 1 aromatic heterocycles. The SMILES string of the molecule is Cn1nccc1NC(=O)c1cc(Cl)ccc1N. The predicted molar refractivity (Wildman–Crippen MR) is 67.0 cm³/mol. The van der Waals surface area contributed by atoms with Gasteiger partial charge in [0.25, 0.3) is 5.91 Å². The van der Waals surface area contributed by atoms with E-state index in [9.17, 15) is 4.79 Å². The quantitative estimate of drug-likeness (QED) is 0.800. The highest BCUT2D eigenvalue weighted by atomic mass is 35.5. The van der Waals surface area contributed by atoms with Crippen LogP contribution in [0, 0.1) is 0 Å². The zero-order valence-electron chi connectivity index (χ0n) is 9.14. The van der Waals surface area contributed by atoms with Crippen LogP contribution in [0.15, 0.2) is 30.5 Å². The van der Waals surface area contributed by atoms with E-state index in [2.05, 4.69) is 10.4 Å². The fourth-order valence-corrected chi connectivity index (χ4v) is 1.58. The van der Waals surface area contributed by atoms with Gasteiger partial charge >= 0.3 is 0 Å². The first kappa shape index (κ1) is 11.5. The third-order valence-electron chi connectivity index (χ3n) is 2.32. The Morgan fingerprint density at radius 2 is 2.24 bits per heavy atom. The van der Waals surface area contributed by atoms with E-state index in [4.69, 9.17) is 17.3 Å². The van der Waals surface area contributed by atoms with Crippen molar-refractivity contribution in [3.8, 4) is 0 Å². The van der Waals surface area contributed by atoms with Crippen molar-refractivity contribution in [1.29, 1.82) is 0 Å². The minimum Gasteiger partial charge on any atom is -0.398 e. The van der Waals surface area contributed by atoms with E-state index in [1.807, 2.05) is 0 Å². The number of hydrogen-bond donors (Lipinski definition) is 2. The molecule has 2 rings (SSSR count). The van der Waals surface area contributed by atoms with Crippen LogP contribution in [-0.2, 0) is 7.05 Å². The Labute approximate surface area is 103 Å². The maximum atomic E-state index is 11.9. The van der Waals surface area contributed by atoms with Crippen LogP contribution in [-0.4, -0.2) is 15.7 Å². The second-order valence-electron chi connectivity index (χ2n) is 3.53. The molecule has 0 radical (unpaired) electrons. The van der Waals surface area contributed by atoms with E-state index >= 15 is 0 Å². The van der Waals surface area contributed by atoms with Crippen LogP contribution in [0.5, 0.6) is 0 Å². The van der Waals surface area contributed by atoms with Gasteiger partial charge in [-0.3, -0.25) is 9.48 Å². The summed E-state index contributed by atoms with van der Waals surface area (Å²) in [4.78, 5) is 11.9. The third kappa shape index (κ3) is 2.39. The Bertz CT molecular complexity index is 564. The number of nitrogens with two attached hydrogens (primary N) is 1. The first-order chi connectivity index (χ1) is 8.08. The van der Waals surface area contributed by atoms with Crippen LogP contribution >= 0.6 is 11.6 Å². The number of aryl methyl sites for hydroxylation is 1. The van der Waals surface area contributed by atoms with Crippen molar-refractivity contribution in [2.75, 3.05) is 11.1 Å². The highest BCUT2D eigenvalue weighted by Gasteiger charge is 2.11. The summed E-state index contributed by atoms with van der Waals surface area (Å²) >= 11 is 5.82. The van der Waals surface area contributed by atoms with Crippen molar-refractivity contribution in [2.45, 2.75) is 0 Å². The molecule has 0 saturated carbocycles. The Morgan fingerprint density at radius 1 is 1.47 bits per heavy atom. The number of halogens is 1. The molecule has 0 bridgehead atoms. The van der Waals surface area contributed by atoms with Crippen molar-refractivity contribution >= 4 is 29.0 Å². The van der Waals surface area contributed by atoms with E-state index in [0.717, 1.165) is 0 Å².